The fourth-order valence-electron chi connectivity index (χ4n) is 3.40. The number of hydrogen-bond acceptors (Lipinski definition) is 3. The highest BCUT2D eigenvalue weighted by molar-refractivity contribution is 6.36. The Labute approximate surface area is 161 Å². The Morgan fingerprint density at radius 3 is 2.11 bits per heavy atom. The van der Waals surface area contributed by atoms with Crippen molar-refractivity contribution in [2.75, 3.05) is 18.0 Å². The van der Waals surface area contributed by atoms with E-state index in [0.717, 1.165) is 16.8 Å². The first kappa shape index (κ1) is 18.9. The highest BCUT2D eigenvalue weighted by Gasteiger charge is 2.41. The minimum absolute atomic E-state index is 0.207. The summed E-state index contributed by atoms with van der Waals surface area (Å²) in [5.41, 5.74) is 3.78. The molecule has 27 heavy (non-hydrogen) atoms. The van der Waals surface area contributed by atoms with Crippen molar-refractivity contribution in [3.8, 4) is 0 Å². The highest BCUT2D eigenvalue weighted by Crippen LogP contribution is 2.34. The Morgan fingerprint density at radius 2 is 1.56 bits per heavy atom. The smallest absolute Gasteiger partial charge is 0.278 e. The molecule has 2 amide bonds. The molecule has 0 saturated heterocycles. The zero-order valence-electron chi connectivity index (χ0n) is 16.4. The first-order valence-electron chi connectivity index (χ1n) is 9.44. The van der Waals surface area contributed by atoms with Crippen molar-refractivity contribution >= 4 is 23.1 Å². The molecule has 2 aromatic carbocycles. The van der Waals surface area contributed by atoms with Gasteiger partial charge >= 0.3 is 0 Å². The van der Waals surface area contributed by atoms with Gasteiger partial charge in [-0.05, 0) is 37.5 Å². The van der Waals surface area contributed by atoms with Crippen molar-refractivity contribution < 1.29 is 9.59 Å². The van der Waals surface area contributed by atoms with Crippen LogP contribution < -0.4 is 4.90 Å². The molecule has 1 aliphatic heterocycles. The van der Waals surface area contributed by atoms with E-state index in [1.807, 2.05) is 87.2 Å². The SMILES string of the molecule is CCN(C1=C(c2ccc(C)cc2)C(=O)N(CC(C)C)C1=O)c1ccccc1. The maximum atomic E-state index is 13.3. The molecule has 0 fully saturated rings. The van der Waals surface area contributed by atoms with E-state index in [1.54, 1.807) is 0 Å². The molecule has 0 N–H and O–H groups in total. The van der Waals surface area contributed by atoms with Crippen LogP contribution in [0.5, 0.6) is 0 Å². The monoisotopic (exact) mass is 362 g/mol. The second-order valence-electron chi connectivity index (χ2n) is 7.28. The molecule has 140 valence electrons. The van der Waals surface area contributed by atoms with Crippen molar-refractivity contribution in [2.45, 2.75) is 27.7 Å². The number of rotatable bonds is 6. The first-order valence-corrected chi connectivity index (χ1v) is 9.44. The Balaban J connectivity index is 2.17. The van der Waals surface area contributed by atoms with Gasteiger partial charge in [-0.25, -0.2) is 0 Å². The normalized spacial score (nSPS) is 14.5. The van der Waals surface area contributed by atoms with Crippen LogP contribution in [0.1, 0.15) is 31.9 Å². The quantitative estimate of drug-likeness (QED) is 0.721. The number of para-hydroxylation sites is 1. The van der Waals surface area contributed by atoms with Crippen LogP contribution >= 0.6 is 0 Å². The molecule has 0 bridgehead atoms. The third-order valence-corrected chi connectivity index (χ3v) is 4.69. The zero-order chi connectivity index (χ0) is 19.6. The van der Waals surface area contributed by atoms with E-state index in [9.17, 15) is 9.59 Å². The molecule has 0 unspecified atom stereocenters. The van der Waals surface area contributed by atoms with Gasteiger partial charge in [-0.3, -0.25) is 14.5 Å². The third kappa shape index (κ3) is 3.65. The molecular formula is C23H26N2O2. The molecular weight excluding hydrogens is 336 g/mol. The molecule has 0 aromatic heterocycles. The first-order chi connectivity index (χ1) is 12.9. The van der Waals surface area contributed by atoms with Gasteiger partial charge in [0.05, 0.1) is 5.57 Å². The molecule has 0 aliphatic carbocycles. The standard InChI is InChI=1S/C23H26N2O2/c1-5-24(19-9-7-6-8-10-19)21-20(18-13-11-17(4)12-14-18)22(26)25(23(21)27)15-16(2)3/h6-14,16H,5,15H2,1-4H3. The van der Waals surface area contributed by atoms with Crippen molar-refractivity contribution in [1.82, 2.24) is 4.90 Å². The number of aryl methyl sites for hydroxylation is 1. The van der Waals surface area contributed by atoms with E-state index < -0.39 is 0 Å². The van der Waals surface area contributed by atoms with Gasteiger partial charge in [-0.1, -0.05) is 61.9 Å². The van der Waals surface area contributed by atoms with E-state index in [2.05, 4.69) is 0 Å². The van der Waals surface area contributed by atoms with Crippen molar-refractivity contribution in [3.63, 3.8) is 0 Å². The number of carbonyl (C=O) groups is 2. The average molecular weight is 362 g/mol. The fraction of sp³-hybridized carbons (Fsp3) is 0.304. The van der Waals surface area contributed by atoms with Gasteiger partial charge in [-0.2, -0.15) is 0 Å². The van der Waals surface area contributed by atoms with Crippen LogP contribution in [0.25, 0.3) is 5.57 Å². The predicted octanol–water partition coefficient (Wildman–Crippen LogP) is 4.26. The summed E-state index contributed by atoms with van der Waals surface area (Å²) in [5.74, 6) is -0.208. The second-order valence-corrected chi connectivity index (χ2v) is 7.28. The summed E-state index contributed by atoms with van der Waals surface area (Å²) in [6.07, 6.45) is 0. The van der Waals surface area contributed by atoms with Gasteiger partial charge in [0.1, 0.15) is 5.70 Å². The van der Waals surface area contributed by atoms with Crippen LogP contribution in [0.3, 0.4) is 0 Å². The van der Waals surface area contributed by atoms with Crippen LogP contribution in [-0.4, -0.2) is 29.8 Å². The third-order valence-electron chi connectivity index (χ3n) is 4.69. The topological polar surface area (TPSA) is 40.6 Å². The van der Waals surface area contributed by atoms with E-state index in [-0.39, 0.29) is 17.7 Å². The minimum atomic E-state index is -0.213. The fourth-order valence-corrected chi connectivity index (χ4v) is 3.40. The van der Waals surface area contributed by atoms with Crippen LogP contribution in [0.15, 0.2) is 60.3 Å². The molecule has 3 rings (SSSR count). The van der Waals surface area contributed by atoms with E-state index in [4.69, 9.17) is 0 Å². The lowest BCUT2D eigenvalue weighted by molar-refractivity contribution is -0.137. The number of benzene rings is 2. The Hall–Kier alpha value is -2.88. The largest absolute Gasteiger partial charge is 0.337 e. The summed E-state index contributed by atoms with van der Waals surface area (Å²) < 4.78 is 0. The molecule has 1 heterocycles. The Morgan fingerprint density at radius 1 is 0.926 bits per heavy atom. The number of imide groups is 1. The second kappa shape index (κ2) is 7.78. The van der Waals surface area contributed by atoms with Gasteiger partial charge in [0.25, 0.3) is 11.8 Å². The number of hydrogen-bond donors (Lipinski definition) is 0. The van der Waals surface area contributed by atoms with E-state index in [0.29, 0.717) is 24.4 Å². The maximum Gasteiger partial charge on any atom is 0.278 e. The molecule has 2 aromatic rings. The van der Waals surface area contributed by atoms with Crippen LogP contribution in [-0.2, 0) is 9.59 Å². The summed E-state index contributed by atoms with van der Waals surface area (Å²) in [7, 11) is 0. The molecule has 0 saturated carbocycles. The molecule has 0 atom stereocenters. The summed E-state index contributed by atoms with van der Waals surface area (Å²) in [4.78, 5) is 29.8. The lowest BCUT2D eigenvalue weighted by Crippen LogP contribution is -2.37. The molecule has 4 nitrogen and oxygen atoms in total. The number of nitrogens with zero attached hydrogens (tertiary/aromatic N) is 2. The van der Waals surface area contributed by atoms with Crippen LogP contribution in [0, 0.1) is 12.8 Å². The summed E-state index contributed by atoms with van der Waals surface area (Å²) in [5, 5.41) is 0. The van der Waals surface area contributed by atoms with Gasteiger partial charge < -0.3 is 4.90 Å². The van der Waals surface area contributed by atoms with Crippen LogP contribution in [0.2, 0.25) is 0 Å². The Bertz CT molecular complexity index is 867. The lowest BCUT2D eigenvalue weighted by Gasteiger charge is -2.25. The van der Waals surface area contributed by atoms with Gasteiger partial charge in [0.15, 0.2) is 0 Å². The molecule has 4 heteroatoms. The zero-order valence-corrected chi connectivity index (χ0v) is 16.4. The van der Waals surface area contributed by atoms with Crippen molar-refractivity contribution in [2.24, 2.45) is 5.92 Å². The maximum absolute atomic E-state index is 13.3. The highest BCUT2D eigenvalue weighted by atomic mass is 16.2. The summed E-state index contributed by atoms with van der Waals surface area (Å²) in [6.45, 7) is 9.05. The Kier molecular flexibility index (Phi) is 5.45. The summed E-state index contributed by atoms with van der Waals surface area (Å²) >= 11 is 0. The van der Waals surface area contributed by atoms with Crippen LogP contribution in [0.4, 0.5) is 5.69 Å². The lowest BCUT2D eigenvalue weighted by atomic mass is 10.0. The molecule has 0 spiro atoms. The predicted molar refractivity (Wildman–Crippen MR) is 109 cm³/mol. The van der Waals surface area contributed by atoms with E-state index in [1.165, 1.54) is 4.90 Å². The van der Waals surface area contributed by atoms with Crippen molar-refractivity contribution in [3.05, 3.63) is 71.4 Å². The number of anilines is 1. The summed E-state index contributed by atoms with van der Waals surface area (Å²) in [6, 6.07) is 17.6. The minimum Gasteiger partial charge on any atom is -0.337 e. The van der Waals surface area contributed by atoms with Gasteiger partial charge in [-0.15, -0.1) is 0 Å². The van der Waals surface area contributed by atoms with E-state index >= 15 is 0 Å². The van der Waals surface area contributed by atoms with Gasteiger partial charge in [0, 0.05) is 18.8 Å². The molecule has 1 aliphatic rings. The van der Waals surface area contributed by atoms with Crippen molar-refractivity contribution in [1.29, 1.82) is 0 Å². The number of carbonyl (C=O) groups excluding carboxylic acids is 2. The molecule has 0 radical (unpaired) electrons. The number of amides is 2. The average Bonchev–Trinajstić information content (AvgIpc) is 2.89. The number of likely N-dealkylation sites (N-methyl/N-ethyl adjacent to an activating group) is 1. The van der Waals surface area contributed by atoms with Gasteiger partial charge in [0.2, 0.25) is 0 Å².